The molecule has 0 aliphatic carbocycles. The summed E-state index contributed by atoms with van der Waals surface area (Å²) in [6.45, 7) is 0. The van der Waals surface area contributed by atoms with E-state index in [2.05, 4.69) is 9.82 Å². The second kappa shape index (κ2) is 4.80. The summed E-state index contributed by atoms with van der Waals surface area (Å²) >= 11 is 0. The number of oxazole rings is 1. The highest BCUT2D eigenvalue weighted by atomic mass is 16.7. The number of carbonyl (C=O) groups is 1. The van der Waals surface area contributed by atoms with E-state index in [0.29, 0.717) is 28.1 Å². The summed E-state index contributed by atoms with van der Waals surface area (Å²) in [5.74, 6) is 4.47. The van der Waals surface area contributed by atoms with Gasteiger partial charge in [-0.15, -0.1) is 0 Å². The molecule has 7 heteroatoms. The molecule has 0 fully saturated rings. The molecule has 21 heavy (non-hydrogen) atoms. The van der Waals surface area contributed by atoms with E-state index in [1.54, 1.807) is 24.3 Å². The van der Waals surface area contributed by atoms with Gasteiger partial charge in [0.25, 0.3) is 0 Å². The van der Waals surface area contributed by atoms with Crippen LogP contribution < -0.4 is 11.6 Å². The van der Waals surface area contributed by atoms with Crippen LogP contribution in [0.25, 0.3) is 22.6 Å². The molecule has 0 radical (unpaired) electrons. The summed E-state index contributed by atoms with van der Waals surface area (Å²) in [7, 11) is 0. The highest BCUT2D eigenvalue weighted by Gasteiger charge is 2.12. The van der Waals surface area contributed by atoms with Crippen LogP contribution in [-0.2, 0) is 4.84 Å². The summed E-state index contributed by atoms with van der Waals surface area (Å²) in [6.07, 6.45) is 0. The van der Waals surface area contributed by atoms with Gasteiger partial charge in [0.1, 0.15) is 11.3 Å². The number of anilines is 1. The maximum absolute atomic E-state index is 11.2. The van der Waals surface area contributed by atoms with Gasteiger partial charge in [-0.2, -0.15) is 5.90 Å². The Morgan fingerprint density at radius 2 is 1.95 bits per heavy atom. The molecule has 106 valence electrons. The van der Waals surface area contributed by atoms with E-state index in [1.165, 1.54) is 12.1 Å². The van der Waals surface area contributed by atoms with Crippen molar-refractivity contribution in [3.63, 3.8) is 0 Å². The molecule has 3 rings (SSSR count). The number of aromatic nitrogens is 1. The van der Waals surface area contributed by atoms with Gasteiger partial charge < -0.3 is 20.1 Å². The lowest BCUT2D eigenvalue weighted by molar-refractivity contribution is 0.0503. The minimum Gasteiger partial charge on any atom is -0.506 e. The SMILES string of the molecule is NOC(=O)c1ccc(-c2nc3cc(N)c(O)cc3o2)cc1. The number of nitrogens with zero attached hydrogens (tertiary/aromatic N) is 1. The predicted octanol–water partition coefficient (Wildman–Crippen LogP) is 1.81. The van der Waals surface area contributed by atoms with Crippen molar-refractivity contribution in [2.45, 2.75) is 0 Å². The van der Waals surface area contributed by atoms with Crippen LogP contribution in [0, 0.1) is 0 Å². The van der Waals surface area contributed by atoms with Crippen molar-refractivity contribution in [2.24, 2.45) is 5.90 Å². The molecule has 3 aromatic rings. The third-order valence-corrected chi connectivity index (χ3v) is 3.01. The Bertz CT molecular complexity index is 785. The van der Waals surface area contributed by atoms with Crippen LogP contribution in [0.1, 0.15) is 10.4 Å². The molecular formula is C14H11N3O4. The minimum absolute atomic E-state index is 0.0637. The van der Waals surface area contributed by atoms with E-state index in [-0.39, 0.29) is 11.4 Å². The molecule has 0 unspecified atom stereocenters. The van der Waals surface area contributed by atoms with E-state index in [9.17, 15) is 9.90 Å². The van der Waals surface area contributed by atoms with Crippen molar-refractivity contribution in [3.05, 3.63) is 42.0 Å². The highest BCUT2D eigenvalue weighted by molar-refractivity contribution is 5.90. The smallest absolute Gasteiger partial charge is 0.356 e. The lowest BCUT2D eigenvalue weighted by Gasteiger charge is -1.99. The fourth-order valence-electron chi connectivity index (χ4n) is 1.92. The molecular weight excluding hydrogens is 274 g/mol. The molecule has 0 bridgehead atoms. The predicted molar refractivity (Wildman–Crippen MR) is 75.1 cm³/mol. The zero-order valence-corrected chi connectivity index (χ0v) is 10.7. The van der Waals surface area contributed by atoms with Crippen molar-refractivity contribution in [1.29, 1.82) is 0 Å². The number of fused-ring (bicyclic) bond motifs is 1. The fourth-order valence-corrected chi connectivity index (χ4v) is 1.92. The van der Waals surface area contributed by atoms with E-state index >= 15 is 0 Å². The van der Waals surface area contributed by atoms with E-state index in [1.807, 2.05) is 0 Å². The Morgan fingerprint density at radius 1 is 1.24 bits per heavy atom. The van der Waals surface area contributed by atoms with Gasteiger partial charge in [0.05, 0.1) is 11.3 Å². The van der Waals surface area contributed by atoms with Gasteiger partial charge in [-0.05, 0) is 30.3 Å². The summed E-state index contributed by atoms with van der Waals surface area (Å²) in [4.78, 5) is 19.7. The largest absolute Gasteiger partial charge is 0.506 e. The number of nitrogen functional groups attached to an aromatic ring is 1. The molecule has 0 saturated carbocycles. The zero-order valence-electron chi connectivity index (χ0n) is 10.7. The van der Waals surface area contributed by atoms with Gasteiger partial charge in [0.15, 0.2) is 5.58 Å². The average Bonchev–Trinajstić information content (AvgIpc) is 2.90. The van der Waals surface area contributed by atoms with Crippen LogP contribution in [0.15, 0.2) is 40.8 Å². The molecule has 2 aromatic carbocycles. The first kappa shape index (κ1) is 12.9. The van der Waals surface area contributed by atoms with Gasteiger partial charge >= 0.3 is 5.97 Å². The molecule has 1 aromatic heterocycles. The van der Waals surface area contributed by atoms with Crippen molar-refractivity contribution in [2.75, 3.05) is 5.73 Å². The van der Waals surface area contributed by atoms with Crippen molar-refractivity contribution >= 4 is 22.8 Å². The first-order chi connectivity index (χ1) is 10.1. The quantitative estimate of drug-likeness (QED) is 0.372. The molecule has 0 saturated heterocycles. The second-order valence-electron chi connectivity index (χ2n) is 4.38. The van der Waals surface area contributed by atoms with E-state index < -0.39 is 5.97 Å². The maximum Gasteiger partial charge on any atom is 0.356 e. The van der Waals surface area contributed by atoms with Gasteiger partial charge in [0.2, 0.25) is 5.89 Å². The standard InChI is InChI=1S/C14H11N3O4/c15-9-5-10-12(6-11(9)18)20-13(17-10)7-1-3-8(4-2-7)14(19)21-16/h1-6,18H,15-16H2. The van der Waals surface area contributed by atoms with Crippen molar-refractivity contribution < 1.29 is 19.2 Å². The molecule has 0 spiro atoms. The van der Waals surface area contributed by atoms with Crippen LogP contribution in [-0.4, -0.2) is 16.1 Å². The number of phenolic OH excluding ortho intramolecular Hbond substituents is 1. The third kappa shape index (κ3) is 2.26. The molecule has 0 aliphatic rings. The monoisotopic (exact) mass is 285 g/mol. The molecule has 0 amide bonds. The van der Waals surface area contributed by atoms with E-state index in [0.717, 1.165) is 0 Å². The third-order valence-electron chi connectivity index (χ3n) is 3.01. The normalized spacial score (nSPS) is 10.7. The average molecular weight is 285 g/mol. The summed E-state index contributed by atoms with van der Waals surface area (Å²) < 4.78 is 5.55. The lowest BCUT2D eigenvalue weighted by Crippen LogP contribution is -2.09. The van der Waals surface area contributed by atoms with Crippen molar-refractivity contribution in [3.8, 4) is 17.2 Å². The molecule has 1 heterocycles. The Morgan fingerprint density at radius 3 is 2.62 bits per heavy atom. The molecule has 7 nitrogen and oxygen atoms in total. The number of rotatable bonds is 2. The topological polar surface area (TPSA) is 125 Å². The second-order valence-corrected chi connectivity index (χ2v) is 4.38. The Hall–Kier alpha value is -3.06. The molecule has 5 N–H and O–H groups in total. The van der Waals surface area contributed by atoms with Gasteiger partial charge in [0, 0.05) is 11.6 Å². The number of phenols is 1. The van der Waals surface area contributed by atoms with Crippen LogP contribution >= 0.6 is 0 Å². The van der Waals surface area contributed by atoms with Crippen LogP contribution in [0.5, 0.6) is 5.75 Å². The Kier molecular flexibility index (Phi) is 2.96. The van der Waals surface area contributed by atoms with Crippen LogP contribution in [0.2, 0.25) is 0 Å². The number of aromatic hydroxyl groups is 1. The summed E-state index contributed by atoms with van der Waals surface area (Å²) in [5, 5.41) is 9.55. The number of nitrogens with two attached hydrogens (primary N) is 2. The Balaban J connectivity index is 2.02. The zero-order chi connectivity index (χ0) is 15.0. The maximum atomic E-state index is 11.2. The minimum atomic E-state index is -0.628. The fraction of sp³-hybridized carbons (Fsp3) is 0. The molecule has 0 aliphatic heterocycles. The number of hydrogen-bond acceptors (Lipinski definition) is 7. The van der Waals surface area contributed by atoms with Gasteiger partial charge in [-0.1, -0.05) is 0 Å². The Labute approximate surface area is 118 Å². The number of benzene rings is 2. The lowest BCUT2D eigenvalue weighted by atomic mass is 10.1. The number of hydrogen-bond donors (Lipinski definition) is 3. The van der Waals surface area contributed by atoms with Gasteiger partial charge in [-0.3, -0.25) is 0 Å². The van der Waals surface area contributed by atoms with Gasteiger partial charge in [-0.25, -0.2) is 9.78 Å². The number of carbonyl (C=O) groups excluding carboxylic acids is 1. The molecule has 0 atom stereocenters. The van der Waals surface area contributed by atoms with Crippen LogP contribution in [0.3, 0.4) is 0 Å². The first-order valence-electron chi connectivity index (χ1n) is 5.99. The van der Waals surface area contributed by atoms with Crippen molar-refractivity contribution in [1.82, 2.24) is 4.98 Å². The summed E-state index contributed by atoms with van der Waals surface area (Å²) in [6, 6.07) is 9.33. The highest BCUT2D eigenvalue weighted by Crippen LogP contribution is 2.30. The van der Waals surface area contributed by atoms with Crippen LogP contribution in [0.4, 0.5) is 5.69 Å². The summed E-state index contributed by atoms with van der Waals surface area (Å²) in [5.41, 5.74) is 7.77. The first-order valence-corrected chi connectivity index (χ1v) is 5.99. The van der Waals surface area contributed by atoms with E-state index in [4.69, 9.17) is 16.0 Å².